The molecule has 0 saturated carbocycles. The molecule has 37 heavy (non-hydrogen) atoms. The van der Waals surface area contributed by atoms with Gasteiger partial charge in [0.05, 0.1) is 16.4 Å². The molecular weight excluding hydrogens is 594 g/mol. The summed E-state index contributed by atoms with van der Waals surface area (Å²) in [6.07, 6.45) is 1.33. The minimum absolute atomic E-state index is 0.226. The van der Waals surface area contributed by atoms with Crippen LogP contribution in [0.3, 0.4) is 0 Å². The third kappa shape index (κ3) is 8.56. The lowest BCUT2D eigenvalue weighted by molar-refractivity contribution is -0.136. The normalized spacial score (nSPS) is 10.6. The topological polar surface area (TPSA) is 118 Å². The number of hydrogen-bond acceptors (Lipinski definition) is 6. The van der Waals surface area contributed by atoms with Gasteiger partial charge in [-0.1, -0.05) is 17.7 Å². The van der Waals surface area contributed by atoms with E-state index in [-0.39, 0.29) is 18.2 Å². The van der Waals surface area contributed by atoms with Crippen LogP contribution in [0.1, 0.15) is 18.1 Å². The van der Waals surface area contributed by atoms with Gasteiger partial charge < -0.3 is 20.1 Å². The van der Waals surface area contributed by atoms with Gasteiger partial charge in [-0.05, 0) is 90.5 Å². The van der Waals surface area contributed by atoms with Crippen molar-refractivity contribution < 1.29 is 28.2 Å². The van der Waals surface area contributed by atoms with Gasteiger partial charge in [-0.3, -0.25) is 14.4 Å². The third-order valence-corrected chi connectivity index (χ3v) is 5.50. The Bertz CT molecular complexity index is 1300. The number of rotatable bonds is 9. The standard InChI is InChI=1S/C26H24FIN4O5/c1-3-36-22-13-17(14-29-32-26(35)25(34)31-20-10-6-18(27)7-11-20)12-21(28)24(22)37-15-23(33)30-19-8-4-16(2)5-9-19/h4-14H,3,15H2,1-2H3,(H,30,33)(H,31,34)(H,32,35)/b29-14-. The van der Waals surface area contributed by atoms with Gasteiger partial charge in [-0.25, -0.2) is 9.82 Å². The monoisotopic (exact) mass is 618 g/mol. The maximum absolute atomic E-state index is 13.0. The van der Waals surface area contributed by atoms with Gasteiger partial charge in [0.15, 0.2) is 18.1 Å². The largest absolute Gasteiger partial charge is 0.490 e. The fourth-order valence-electron chi connectivity index (χ4n) is 2.97. The summed E-state index contributed by atoms with van der Waals surface area (Å²) < 4.78 is 25.0. The second-order valence-electron chi connectivity index (χ2n) is 7.63. The van der Waals surface area contributed by atoms with Crippen LogP contribution in [0.4, 0.5) is 15.8 Å². The van der Waals surface area contributed by atoms with Crippen molar-refractivity contribution in [2.24, 2.45) is 5.10 Å². The molecule has 0 unspecified atom stereocenters. The highest BCUT2D eigenvalue weighted by molar-refractivity contribution is 14.1. The molecular formula is C26H24FIN4O5. The molecule has 192 valence electrons. The van der Waals surface area contributed by atoms with Crippen LogP contribution in [0, 0.1) is 16.3 Å². The van der Waals surface area contributed by atoms with Crippen molar-refractivity contribution in [3.8, 4) is 11.5 Å². The number of aryl methyl sites for hydroxylation is 1. The van der Waals surface area contributed by atoms with E-state index in [2.05, 4.69) is 21.2 Å². The van der Waals surface area contributed by atoms with Crippen molar-refractivity contribution in [2.75, 3.05) is 23.8 Å². The molecule has 0 aliphatic carbocycles. The van der Waals surface area contributed by atoms with E-state index in [0.29, 0.717) is 32.9 Å². The van der Waals surface area contributed by atoms with Crippen LogP contribution in [0.2, 0.25) is 0 Å². The first-order chi connectivity index (χ1) is 17.7. The molecule has 0 heterocycles. The van der Waals surface area contributed by atoms with Gasteiger partial charge in [0.2, 0.25) is 0 Å². The first kappa shape index (κ1) is 27.6. The first-order valence-corrected chi connectivity index (χ1v) is 12.2. The molecule has 11 heteroatoms. The highest BCUT2D eigenvalue weighted by Crippen LogP contribution is 2.34. The minimum Gasteiger partial charge on any atom is -0.490 e. The number of hydrogen-bond donors (Lipinski definition) is 3. The van der Waals surface area contributed by atoms with Crippen molar-refractivity contribution in [2.45, 2.75) is 13.8 Å². The fourth-order valence-corrected chi connectivity index (χ4v) is 3.76. The summed E-state index contributed by atoms with van der Waals surface area (Å²) in [6, 6.07) is 15.7. The molecule has 0 aromatic heterocycles. The first-order valence-electron chi connectivity index (χ1n) is 11.1. The van der Waals surface area contributed by atoms with Crippen LogP contribution in [0.15, 0.2) is 65.8 Å². The zero-order chi connectivity index (χ0) is 26.8. The number of benzene rings is 3. The van der Waals surface area contributed by atoms with E-state index in [1.54, 1.807) is 12.1 Å². The Morgan fingerprint density at radius 3 is 2.27 bits per heavy atom. The summed E-state index contributed by atoms with van der Waals surface area (Å²) in [5.74, 6) is -1.97. The molecule has 0 aliphatic rings. The van der Waals surface area contributed by atoms with Gasteiger partial charge in [0.1, 0.15) is 5.82 Å². The van der Waals surface area contributed by atoms with E-state index in [1.165, 1.54) is 18.3 Å². The Morgan fingerprint density at radius 2 is 1.59 bits per heavy atom. The van der Waals surface area contributed by atoms with E-state index >= 15 is 0 Å². The van der Waals surface area contributed by atoms with Crippen molar-refractivity contribution in [3.05, 3.63) is 81.2 Å². The number of carbonyl (C=O) groups is 3. The lowest BCUT2D eigenvalue weighted by Crippen LogP contribution is -2.32. The summed E-state index contributed by atoms with van der Waals surface area (Å²) in [4.78, 5) is 36.3. The van der Waals surface area contributed by atoms with E-state index < -0.39 is 17.6 Å². The second-order valence-corrected chi connectivity index (χ2v) is 8.79. The molecule has 0 saturated heterocycles. The number of hydrazone groups is 1. The molecule has 3 rings (SSSR count). The number of amides is 3. The average molecular weight is 618 g/mol. The Morgan fingerprint density at radius 1 is 0.946 bits per heavy atom. The van der Waals surface area contributed by atoms with Crippen molar-refractivity contribution in [1.82, 2.24) is 5.43 Å². The van der Waals surface area contributed by atoms with Crippen molar-refractivity contribution in [1.29, 1.82) is 0 Å². The van der Waals surface area contributed by atoms with Gasteiger partial charge >= 0.3 is 11.8 Å². The van der Waals surface area contributed by atoms with Crippen LogP contribution in [0.5, 0.6) is 11.5 Å². The molecule has 3 aromatic rings. The highest BCUT2D eigenvalue weighted by atomic mass is 127. The lowest BCUT2D eigenvalue weighted by Gasteiger charge is -2.14. The highest BCUT2D eigenvalue weighted by Gasteiger charge is 2.15. The van der Waals surface area contributed by atoms with E-state index in [0.717, 1.165) is 17.7 Å². The number of halogens is 2. The summed E-state index contributed by atoms with van der Waals surface area (Å²) in [5.41, 5.74) is 4.71. The van der Waals surface area contributed by atoms with Crippen LogP contribution in [-0.4, -0.2) is 37.1 Å². The molecule has 3 aromatic carbocycles. The smallest absolute Gasteiger partial charge is 0.329 e. The Labute approximate surface area is 226 Å². The molecule has 9 nitrogen and oxygen atoms in total. The van der Waals surface area contributed by atoms with Gasteiger partial charge in [-0.2, -0.15) is 5.10 Å². The van der Waals surface area contributed by atoms with Gasteiger partial charge in [0, 0.05) is 11.4 Å². The number of nitrogens with one attached hydrogen (secondary N) is 3. The van der Waals surface area contributed by atoms with Gasteiger partial charge in [-0.15, -0.1) is 0 Å². The Kier molecular flexibility index (Phi) is 9.95. The fraction of sp³-hybridized carbons (Fsp3) is 0.154. The zero-order valence-electron chi connectivity index (χ0n) is 20.0. The van der Waals surface area contributed by atoms with Crippen LogP contribution in [0.25, 0.3) is 0 Å². The SMILES string of the molecule is CCOc1cc(/C=N\NC(=O)C(=O)Nc2ccc(F)cc2)cc(I)c1OCC(=O)Nc1ccc(C)cc1. The number of nitrogens with zero attached hydrogens (tertiary/aromatic N) is 1. The zero-order valence-corrected chi connectivity index (χ0v) is 22.2. The summed E-state index contributed by atoms with van der Waals surface area (Å²) in [5, 5.41) is 8.92. The molecule has 0 atom stereocenters. The molecule has 0 aliphatic heterocycles. The number of anilines is 2. The lowest BCUT2D eigenvalue weighted by atomic mass is 10.2. The minimum atomic E-state index is -1.00. The van der Waals surface area contributed by atoms with E-state index in [1.807, 2.05) is 60.7 Å². The number of ether oxygens (including phenoxy) is 2. The maximum atomic E-state index is 13.0. The molecule has 0 radical (unpaired) electrons. The third-order valence-electron chi connectivity index (χ3n) is 4.70. The quantitative estimate of drug-likeness (QED) is 0.144. The number of carbonyl (C=O) groups excluding carboxylic acids is 3. The van der Waals surface area contributed by atoms with Crippen LogP contribution >= 0.6 is 22.6 Å². The van der Waals surface area contributed by atoms with Crippen molar-refractivity contribution >= 4 is 57.9 Å². The summed E-state index contributed by atoms with van der Waals surface area (Å²) in [7, 11) is 0. The molecule has 0 fully saturated rings. The Hall–Kier alpha value is -4.00. The summed E-state index contributed by atoms with van der Waals surface area (Å²) >= 11 is 2.04. The summed E-state index contributed by atoms with van der Waals surface area (Å²) in [6.45, 7) is 3.89. The van der Waals surface area contributed by atoms with Crippen molar-refractivity contribution in [3.63, 3.8) is 0 Å². The predicted molar refractivity (Wildman–Crippen MR) is 146 cm³/mol. The molecule has 0 bridgehead atoms. The van der Waals surface area contributed by atoms with Gasteiger partial charge in [0.25, 0.3) is 5.91 Å². The molecule has 0 spiro atoms. The average Bonchev–Trinajstić information content (AvgIpc) is 2.86. The maximum Gasteiger partial charge on any atom is 0.329 e. The van der Waals surface area contributed by atoms with E-state index in [4.69, 9.17) is 9.47 Å². The predicted octanol–water partition coefficient (Wildman–Crippen LogP) is 4.24. The van der Waals surface area contributed by atoms with E-state index in [9.17, 15) is 18.8 Å². The molecule has 3 N–H and O–H groups in total. The van der Waals surface area contributed by atoms with Crippen LogP contribution < -0.4 is 25.5 Å². The van der Waals surface area contributed by atoms with Crippen LogP contribution in [-0.2, 0) is 14.4 Å². The second kappa shape index (κ2) is 13.3. The molecule has 3 amide bonds. The Balaban J connectivity index is 1.60.